The third-order valence-electron chi connectivity index (χ3n) is 6.51. The van der Waals surface area contributed by atoms with Crippen LogP contribution in [0.4, 0.5) is 0 Å². The number of carbonyl (C=O) groups excluding carboxylic acids is 2. The van der Waals surface area contributed by atoms with Crippen molar-refractivity contribution in [1.82, 2.24) is 5.32 Å². The molecule has 2 aromatic carbocycles. The fraction of sp³-hybridized carbons (Fsp3) is 0.385. The van der Waals surface area contributed by atoms with Crippen molar-refractivity contribution >= 4 is 11.7 Å². The summed E-state index contributed by atoms with van der Waals surface area (Å²) in [6.45, 7) is 2.12. The molecule has 2 atom stereocenters. The van der Waals surface area contributed by atoms with Crippen molar-refractivity contribution in [1.29, 1.82) is 0 Å². The zero-order valence-electron chi connectivity index (χ0n) is 19.0. The number of hydrogen-bond donors (Lipinski definition) is 1. The first-order valence-corrected chi connectivity index (χ1v) is 10.9. The van der Waals surface area contributed by atoms with E-state index in [4.69, 9.17) is 14.2 Å². The number of aryl methyl sites for hydroxylation is 1. The Balaban J connectivity index is 1.74. The minimum atomic E-state index is -0.385. The van der Waals surface area contributed by atoms with E-state index in [-0.39, 0.29) is 29.9 Å². The standard InChI is InChI=1S/C26H29NO5/c1-5-15-6-8-16(9-7-15)17-10-20-26(21(28)11-17)19(13-25(29)27-20)18-12-23(31-3)24(32-4)14-22(18)30-2/h6-9,12,14,17,19H,5,10-11,13H2,1-4H3,(H,27,29). The maximum Gasteiger partial charge on any atom is 0.225 e. The molecule has 2 aliphatic rings. The number of carbonyl (C=O) groups is 2. The topological polar surface area (TPSA) is 73.9 Å². The molecule has 6 heteroatoms. The molecule has 1 amide bonds. The van der Waals surface area contributed by atoms with Gasteiger partial charge in [-0.25, -0.2) is 0 Å². The molecule has 0 bridgehead atoms. The molecule has 168 valence electrons. The lowest BCUT2D eigenvalue weighted by molar-refractivity contribution is -0.122. The van der Waals surface area contributed by atoms with E-state index in [1.807, 2.05) is 6.07 Å². The van der Waals surface area contributed by atoms with Gasteiger partial charge in [0.1, 0.15) is 5.75 Å². The largest absolute Gasteiger partial charge is 0.496 e. The number of ketones is 1. The van der Waals surface area contributed by atoms with Gasteiger partial charge < -0.3 is 19.5 Å². The Morgan fingerprint density at radius 3 is 2.16 bits per heavy atom. The number of methoxy groups -OCH3 is 3. The SMILES string of the molecule is CCc1ccc(C2CC(=O)C3=C(C2)NC(=O)CC3c2cc(OC)c(OC)cc2OC)cc1. The van der Waals surface area contributed by atoms with Gasteiger partial charge in [0.25, 0.3) is 0 Å². The Bertz CT molecular complexity index is 1070. The second-order valence-electron chi connectivity index (χ2n) is 8.27. The molecule has 4 rings (SSSR count). The van der Waals surface area contributed by atoms with Crippen molar-refractivity contribution in [3.63, 3.8) is 0 Å². The van der Waals surface area contributed by atoms with Gasteiger partial charge in [-0.3, -0.25) is 9.59 Å². The minimum absolute atomic E-state index is 0.0542. The number of allylic oxidation sites excluding steroid dienone is 2. The van der Waals surface area contributed by atoms with E-state index in [2.05, 4.69) is 36.5 Å². The third-order valence-corrected chi connectivity index (χ3v) is 6.51. The summed E-state index contributed by atoms with van der Waals surface area (Å²) in [5.74, 6) is 1.28. The third kappa shape index (κ3) is 3.97. The zero-order valence-corrected chi connectivity index (χ0v) is 19.0. The Morgan fingerprint density at radius 2 is 1.53 bits per heavy atom. The predicted molar refractivity (Wildman–Crippen MR) is 121 cm³/mol. The number of hydrogen-bond acceptors (Lipinski definition) is 5. The molecular formula is C26H29NO5. The predicted octanol–water partition coefficient (Wildman–Crippen LogP) is 4.28. The van der Waals surface area contributed by atoms with Crippen molar-refractivity contribution in [3.8, 4) is 17.2 Å². The van der Waals surface area contributed by atoms with Gasteiger partial charge in [0.15, 0.2) is 17.3 Å². The second-order valence-corrected chi connectivity index (χ2v) is 8.27. The highest BCUT2D eigenvalue weighted by atomic mass is 16.5. The smallest absolute Gasteiger partial charge is 0.225 e. The van der Waals surface area contributed by atoms with Crippen molar-refractivity contribution in [3.05, 3.63) is 64.4 Å². The molecule has 2 unspecified atom stereocenters. The molecule has 1 heterocycles. The first-order chi connectivity index (χ1) is 15.5. The first-order valence-electron chi connectivity index (χ1n) is 10.9. The van der Waals surface area contributed by atoms with Crippen LogP contribution in [-0.4, -0.2) is 33.0 Å². The fourth-order valence-electron chi connectivity index (χ4n) is 4.81. The highest BCUT2D eigenvalue weighted by Crippen LogP contribution is 2.47. The monoisotopic (exact) mass is 435 g/mol. The van der Waals surface area contributed by atoms with E-state index in [0.29, 0.717) is 35.7 Å². The van der Waals surface area contributed by atoms with Crippen LogP contribution in [0, 0.1) is 0 Å². The minimum Gasteiger partial charge on any atom is -0.496 e. The van der Waals surface area contributed by atoms with Gasteiger partial charge in [-0.1, -0.05) is 31.2 Å². The molecule has 0 saturated carbocycles. The number of ether oxygens (including phenoxy) is 3. The normalized spacial score (nSPS) is 20.5. The highest BCUT2D eigenvalue weighted by molar-refractivity contribution is 6.02. The van der Waals surface area contributed by atoms with Crippen LogP contribution >= 0.6 is 0 Å². The summed E-state index contributed by atoms with van der Waals surface area (Å²) < 4.78 is 16.5. The van der Waals surface area contributed by atoms with Gasteiger partial charge >= 0.3 is 0 Å². The Labute approximate surface area is 188 Å². The Morgan fingerprint density at radius 1 is 0.875 bits per heavy atom. The number of nitrogens with one attached hydrogen (secondary N) is 1. The molecule has 0 spiro atoms. The van der Waals surface area contributed by atoms with Crippen LogP contribution in [0.1, 0.15) is 54.7 Å². The van der Waals surface area contributed by atoms with Crippen LogP contribution < -0.4 is 19.5 Å². The molecule has 6 nitrogen and oxygen atoms in total. The highest BCUT2D eigenvalue weighted by Gasteiger charge is 2.39. The maximum absolute atomic E-state index is 13.4. The zero-order chi connectivity index (χ0) is 22.8. The summed E-state index contributed by atoms with van der Waals surface area (Å²) in [7, 11) is 4.69. The van der Waals surface area contributed by atoms with E-state index >= 15 is 0 Å². The average molecular weight is 436 g/mol. The molecule has 2 aromatic rings. The molecule has 1 aliphatic heterocycles. The number of amides is 1. The van der Waals surface area contributed by atoms with Crippen LogP contribution in [0.25, 0.3) is 0 Å². The van der Waals surface area contributed by atoms with Crippen LogP contribution in [0.15, 0.2) is 47.7 Å². The summed E-state index contributed by atoms with van der Waals surface area (Å²) >= 11 is 0. The van der Waals surface area contributed by atoms with Crippen molar-refractivity contribution in [2.45, 2.75) is 44.4 Å². The molecule has 1 N–H and O–H groups in total. The summed E-state index contributed by atoms with van der Waals surface area (Å²) in [5.41, 5.74) is 4.55. The Kier molecular flexibility index (Phi) is 6.21. The van der Waals surface area contributed by atoms with Crippen molar-refractivity contribution in [2.75, 3.05) is 21.3 Å². The molecule has 0 saturated heterocycles. The number of Topliss-reactive ketones (excluding diaryl/α,β-unsaturated/α-hetero) is 1. The van der Waals surface area contributed by atoms with Gasteiger partial charge in [-0.2, -0.15) is 0 Å². The molecule has 32 heavy (non-hydrogen) atoms. The molecule has 0 radical (unpaired) electrons. The maximum atomic E-state index is 13.4. The second kappa shape index (κ2) is 9.07. The lowest BCUT2D eigenvalue weighted by atomic mass is 9.73. The lowest BCUT2D eigenvalue weighted by Gasteiger charge is -2.35. The fourth-order valence-corrected chi connectivity index (χ4v) is 4.81. The van der Waals surface area contributed by atoms with E-state index in [0.717, 1.165) is 23.2 Å². The van der Waals surface area contributed by atoms with Crippen LogP contribution in [-0.2, 0) is 16.0 Å². The van der Waals surface area contributed by atoms with Gasteiger partial charge in [0, 0.05) is 41.7 Å². The van der Waals surface area contributed by atoms with Crippen molar-refractivity contribution in [2.24, 2.45) is 0 Å². The van der Waals surface area contributed by atoms with Crippen LogP contribution in [0.5, 0.6) is 17.2 Å². The summed E-state index contributed by atoms with van der Waals surface area (Å²) in [4.78, 5) is 26.1. The van der Waals surface area contributed by atoms with Crippen LogP contribution in [0.3, 0.4) is 0 Å². The molecule has 0 fully saturated rings. The van der Waals surface area contributed by atoms with Crippen LogP contribution in [0.2, 0.25) is 0 Å². The van der Waals surface area contributed by atoms with Gasteiger partial charge in [-0.15, -0.1) is 0 Å². The van der Waals surface area contributed by atoms with Gasteiger partial charge in [0.2, 0.25) is 5.91 Å². The first kappa shape index (κ1) is 21.9. The van der Waals surface area contributed by atoms with E-state index in [1.165, 1.54) is 5.56 Å². The summed E-state index contributed by atoms with van der Waals surface area (Å²) in [6, 6.07) is 12.0. The van der Waals surface area contributed by atoms with Gasteiger partial charge in [-0.05, 0) is 36.0 Å². The quantitative estimate of drug-likeness (QED) is 0.733. The summed E-state index contributed by atoms with van der Waals surface area (Å²) in [5, 5.41) is 2.98. The molecular weight excluding hydrogens is 406 g/mol. The lowest BCUT2D eigenvalue weighted by Crippen LogP contribution is -2.38. The van der Waals surface area contributed by atoms with E-state index in [1.54, 1.807) is 27.4 Å². The van der Waals surface area contributed by atoms with E-state index < -0.39 is 0 Å². The Hall–Kier alpha value is -3.28. The number of rotatable bonds is 6. The van der Waals surface area contributed by atoms with Crippen molar-refractivity contribution < 1.29 is 23.8 Å². The average Bonchev–Trinajstić information content (AvgIpc) is 2.82. The number of benzene rings is 2. The van der Waals surface area contributed by atoms with E-state index in [9.17, 15) is 9.59 Å². The molecule has 1 aliphatic carbocycles. The van der Waals surface area contributed by atoms with Gasteiger partial charge in [0.05, 0.1) is 21.3 Å². The molecule has 0 aromatic heterocycles. The summed E-state index contributed by atoms with van der Waals surface area (Å²) in [6.07, 6.45) is 2.22.